The van der Waals surface area contributed by atoms with Crippen molar-refractivity contribution in [2.24, 2.45) is 17.8 Å². The molecule has 2 heterocycles. The van der Waals surface area contributed by atoms with Crippen LogP contribution in [-0.4, -0.2) is 37.0 Å². The van der Waals surface area contributed by atoms with Crippen molar-refractivity contribution >= 4 is 11.9 Å². The smallest absolute Gasteiger partial charge is 0.318 e. The maximum absolute atomic E-state index is 15.0. The van der Waals surface area contributed by atoms with Crippen molar-refractivity contribution in [2.75, 3.05) is 20.2 Å². The Morgan fingerprint density at radius 2 is 2.11 bits per heavy atom. The van der Waals surface area contributed by atoms with Gasteiger partial charge in [-0.05, 0) is 30.1 Å². The summed E-state index contributed by atoms with van der Waals surface area (Å²) in [7, 11) is 1.26. The van der Waals surface area contributed by atoms with Gasteiger partial charge in [-0.1, -0.05) is 30.3 Å². The molecular formula is C21H23FN2O3. The molecule has 1 aliphatic carbocycles. The Labute approximate surface area is 157 Å². The van der Waals surface area contributed by atoms with Crippen LogP contribution < -0.4 is 5.32 Å². The lowest BCUT2D eigenvalue weighted by Crippen LogP contribution is -2.33. The lowest BCUT2D eigenvalue weighted by molar-refractivity contribution is -0.150. The molecular weight excluding hydrogens is 347 g/mol. The number of esters is 1. The van der Waals surface area contributed by atoms with E-state index in [-0.39, 0.29) is 11.7 Å². The van der Waals surface area contributed by atoms with Crippen molar-refractivity contribution in [1.29, 1.82) is 0 Å². The van der Waals surface area contributed by atoms with E-state index in [1.54, 1.807) is 6.08 Å². The van der Waals surface area contributed by atoms with E-state index in [9.17, 15) is 9.59 Å². The molecule has 0 saturated carbocycles. The highest BCUT2D eigenvalue weighted by Crippen LogP contribution is 2.44. The van der Waals surface area contributed by atoms with Crippen molar-refractivity contribution in [3.63, 3.8) is 0 Å². The number of nitrogens with zero attached hydrogens (tertiary/aromatic N) is 1. The van der Waals surface area contributed by atoms with Crippen molar-refractivity contribution < 1.29 is 18.7 Å². The molecule has 1 saturated heterocycles. The molecule has 1 N–H and O–H groups in total. The number of hydrogen-bond acceptors (Lipinski definition) is 4. The van der Waals surface area contributed by atoms with Crippen molar-refractivity contribution in [3.8, 4) is 0 Å². The average molecular weight is 370 g/mol. The summed E-state index contributed by atoms with van der Waals surface area (Å²) in [4.78, 5) is 26.3. The molecule has 5 nitrogen and oxygen atoms in total. The van der Waals surface area contributed by atoms with Crippen LogP contribution >= 0.6 is 0 Å². The third kappa shape index (κ3) is 3.24. The highest BCUT2D eigenvalue weighted by molar-refractivity contribution is 5.99. The second-order valence-electron chi connectivity index (χ2n) is 7.40. The Morgan fingerprint density at radius 1 is 1.33 bits per heavy atom. The molecule has 1 aromatic carbocycles. The number of rotatable bonds is 4. The van der Waals surface area contributed by atoms with Crippen molar-refractivity contribution in [2.45, 2.75) is 19.4 Å². The first-order chi connectivity index (χ1) is 13.1. The predicted octanol–water partition coefficient (Wildman–Crippen LogP) is 2.55. The number of carbonyl (C=O) groups excluding carboxylic acids is 2. The van der Waals surface area contributed by atoms with E-state index in [2.05, 4.69) is 22.3 Å². The first-order valence-electron chi connectivity index (χ1n) is 9.32. The van der Waals surface area contributed by atoms with Crippen LogP contribution in [0.25, 0.3) is 0 Å². The Morgan fingerprint density at radius 3 is 2.85 bits per heavy atom. The van der Waals surface area contributed by atoms with Gasteiger partial charge in [0.2, 0.25) is 5.91 Å². The van der Waals surface area contributed by atoms with E-state index >= 15 is 4.39 Å². The number of ether oxygens (including phenoxy) is 1. The van der Waals surface area contributed by atoms with Crippen molar-refractivity contribution in [1.82, 2.24) is 10.2 Å². The zero-order chi connectivity index (χ0) is 19.0. The number of methoxy groups -OCH3 is 1. The maximum atomic E-state index is 15.0. The van der Waals surface area contributed by atoms with Gasteiger partial charge in [0.1, 0.15) is 11.7 Å². The molecule has 4 rings (SSSR count). The fraction of sp³-hybridized carbons (Fsp3) is 0.429. The Balaban J connectivity index is 1.53. The van der Waals surface area contributed by atoms with Crippen LogP contribution in [0.5, 0.6) is 0 Å². The molecule has 1 fully saturated rings. The largest absolute Gasteiger partial charge is 0.468 e. The minimum Gasteiger partial charge on any atom is -0.468 e. The van der Waals surface area contributed by atoms with Crippen molar-refractivity contribution in [3.05, 3.63) is 59.1 Å². The molecule has 3 aliphatic rings. The summed E-state index contributed by atoms with van der Waals surface area (Å²) in [6.45, 7) is 1.92. The van der Waals surface area contributed by atoms with Gasteiger partial charge in [0.15, 0.2) is 0 Å². The average Bonchev–Trinajstić information content (AvgIpc) is 3.24. The van der Waals surface area contributed by atoms with Crippen LogP contribution in [0.4, 0.5) is 4.39 Å². The highest BCUT2D eigenvalue weighted by atomic mass is 19.1. The summed E-state index contributed by atoms with van der Waals surface area (Å²) < 4.78 is 19.8. The van der Waals surface area contributed by atoms with Gasteiger partial charge in [0.05, 0.1) is 7.11 Å². The van der Waals surface area contributed by atoms with Gasteiger partial charge in [0, 0.05) is 37.2 Å². The second-order valence-corrected chi connectivity index (χ2v) is 7.40. The molecule has 2 aliphatic heterocycles. The zero-order valence-corrected chi connectivity index (χ0v) is 15.3. The minimum absolute atomic E-state index is 0.246. The van der Waals surface area contributed by atoms with Crippen LogP contribution in [-0.2, 0) is 20.9 Å². The van der Waals surface area contributed by atoms with Crippen LogP contribution in [0.15, 0.2) is 53.5 Å². The van der Waals surface area contributed by atoms with E-state index in [0.29, 0.717) is 13.0 Å². The second kappa shape index (κ2) is 7.18. The Bertz CT molecular complexity index is 818. The van der Waals surface area contributed by atoms with E-state index in [0.717, 1.165) is 25.2 Å². The van der Waals surface area contributed by atoms with Crippen LogP contribution in [0.3, 0.4) is 0 Å². The lowest BCUT2D eigenvalue weighted by Gasteiger charge is -2.29. The first kappa shape index (κ1) is 17.8. The predicted molar refractivity (Wildman–Crippen MR) is 97.8 cm³/mol. The lowest BCUT2D eigenvalue weighted by atomic mass is 9.77. The summed E-state index contributed by atoms with van der Waals surface area (Å²) >= 11 is 0. The number of nitrogens with one attached hydrogen (secondary N) is 1. The van der Waals surface area contributed by atoms with Crippen LogP contribution in [0.1, 0.15) is 18.4 Å². The summed E-state index contributed by atoms with van der Waals surface area (Å²) in [6.07, 6.45) is 3.05. The standard InChI is InChI=1S/C21H23FN2O3/c1-27-21(26)19-16(11-23-20(19)25)15-9-14-7-8-24(18(14)10-17(15)22)12-13-5-3-2-4-6-13/h2-6,10,15-16,19H,7-9,11-12H2,1H3,(H,23,25)/t15?,16-,19-/m0/s1. The molecule has 0 radical (unpaired) electrons. The van der Waals surface area contributed by atoms with Gasteiger partial charge in [-0.25, -0.2) is 4.39 Å². The number of benzene rings is 1. The molecule has 6 heteroatoms. The quantitative estimate of drug-likeness (QED) is 0.654. The van der Waals surface area contributed by atoms with E-state index in [4.69, 9.17) is 4.74 Å². The monoisotopic (exact) mass is 370 g/mol. The molecule has 1 aromatic rings. The van der Waals surface area contributed by atoms with Gasteiger partial charge < -0.3 is 15.0 Å². The fourth-order valence-electron chi connectivity index (χ4n) is 4.49. The van der Waals surface area contributed by atoms with Gasteiger partial charge in [-0.3, -0.25) is 9.59 Å². The zero-order valence-electron chi connectivity index (χ0n) is 15.3. The van der Waals surface area contributed by atoms with E-state index in [1.165, 1.54) is 18.2 Å². The number of halogens is 1. The molecule has 0 bridgehead atoms. The Kier molecular flexibility index (Phi) is 4.72. The molecule has 1 amide bonds. The fourth-order valence-corrected chi connectivity index (χ4v) is 4.49. The van der Waals surface area contributed by atoms with Crippen LogP contribution in [0.2, 0.25) is 0 Å². The molecule has 1 unspecified atom stereocenters. The van der Waals surface area contributed by atoms with E-state index < -0.39 is 23.7 Å². The minimum atomic E-state index is -0.928. The number of hydrogen-bond donors (Lipinski definition) is 1. The van der Waals surface area contributed by atoms with Gasteiger partial charge in [-0.15, -0.1) is 0 Å². The van der Waals surface area contributed by atoms with Gasteiger partial charge >= 0.3 is 5.97 Å². The number of amides is 1. The molecule has 0 spiro atoms. The first-order valence-corrected chi connectivity index (χ1v) is 9.32. The maximum Gasteiger partial charge on any atom is 0.318 e. The molecule has 27 heavy (non-hydrogen) atoms. The summed E-state index contributed by atoms with van der Waals surface area (Å²) in [6, 6.07) is 10.1. The summed E-state index contributed by atoms with van der Waals surface area (Å²) in [5.74, 6) is -2.98. The third-order valence-electron chi connectivity index (χ3n) is 5.89. The number of carbonyl (C=O) groups is 2. The molecule has 0 aromatic heterocycles. The van der Waals surface area contributed by atoms with Gasteiger partial charge in [0.25, 0.3) is 0 Å². The molecule has 142 valence electrons. The summed E-state index contributed by atoms with van der Waals surface area (Å²) in [5, 5.41) is 2.69. The van der Waals surface area contributed by atoms with Crippen LogP contribution in [0, 0.1) is 17.8 Å². The highest BCUT2D eigenvalue weighted by Gasteiger charge is 2.47. The van der Waals surface area contributed by atoms with E-state index in [1.807, 2.05) is 18.2 Å². The molecule has 3 atom stereocenters. The topological polar surface area (TPSA) is 58.6 Å². The Hall–Kier alpha value is -2.63. The van der Waals surface area contributed by atoms with Gasteiger partial charge in [-0.2, -0.15) is 0 Å². The SMILES string of the molecule is COC(=O)[C@@H]1C(=O)NC[C@H]1C1CC2=C(C=C1F)N(Cc1ccccc1)CC2. The normalized spacial score (nSPS) is 27.3. The third-order valence-corrected chi connectivity index (χ3v) is 5.89. The number of allylic oxidation sites excluding steroid dienone is 2. The summed E-state index contributed by atoms with van der Waals surface area (Å²) in [5.41, 5.74) is 3.36.